The Bertz CT molecular complexity index is 107. The average Bonchev–Trinajstić information content (AvgIpc) is 1.90. The highest BCUT2D eigenvalue weighted by Crippen LogP contribution is 2.05. The van der Waals surface area contributed by atoms with Crippen molar-refractivity contribution < 1.29 is 0 Å². The molecular formula is C7H14N2. The Morgan fingerprint density at radius 2 is 2.56 bits per heavy atom. The number of hydrogen-bond acceptors (Lipinski definition) is 2. The van der Waals surface area contributed by atoms with Crippen LogP contribution in [0.1, 0.15) is 19.8 Å². The van der Waals surface area contributed by atoms with Crippen molar-refractivity contribution in [3.8, 4) is 0 Å². The third kappa shape index (κ3) is 1.72. The van der Waals surface area contributed by atoms with Gasteiger partial charge in [-0.3, -0.25) is 0 Å². The van der Waals surface area contributed by atoms with Crippen molar-refractivity contribution in [3.63, 3.8) is 0 Å². The SMILES string of the molecule is CC(N)C1CCC=CN1. The molecule has 0 spiro atoms. The Morgan fingerprint density at radius 3 is 2.89 bits per heavy atom. The molecule has 52 valence electrons. The summed E-state index contributed by atoms with van der Waals surface area (Å²) in [4.78, 5) is 0. The van der Waals surface area contributed by atoms with Crippen LogP contribution in [0.4, 0.5) is 0 Å². The molecule has 1 aliphatic heterocycles. The molecule has 0 aliphatic carbocycles. The fourth-order valence-electron chi connectivity index (χ4n) is 1.05. The summed E-state index contributed by atoms with van der Waals surface area (Å²) in [6.07, 6.45) is 6.48. The maximum Gasteiger partial charge on any atom is 0.0407 e. The van der Waals surface area contributed by atoms with Crippen LogP contribution in [0.5, 0.6) is 0 Å². The molecule has 2 heteroatoms. The Hall–Kier alpha value is -0.500. The van der Waals surface area contributed by atoms with Gasteiger partial charge in [0.25, 0.3) is 0 Å². The molecule has 0 aromatic rings. The van der Waals surface area contributed by atoms with Crippen LogP contribution in [0.25, 0.3) is 0 Å². The van der Waals surface area contributed by atoms with E-state index in [0.29, 0.717) is 6.04 Å². The van der Waals surface area contributed by atoms with E-state index in [1.165, 1.54) is 12.8 Å². The fourth-order valence-corrected chi connectivity index (χ4v) is 1.05. The van der Waals surface area contributed by atoms with Gasteiger partial charge in [0.2, 0.25) is 0 Å². The second-order valence-corrected chi connectivity index (χ2v) is 2.61. The molecule has 1 rings (SSSR count). The molecule has 0 saturated heterocycles. The summed E-state index contributed by atoms with van der Waals surface area (Å²) in [5.41, 5.74) is 5.67. The van der Waals surface area contributed by atoms with Crippen LogP contribution in [0.2, 0.25) is 0 Å². The smallest absolute Gasteiger partial charge is 0.0407 e. The van der Waals surface area contributed by atoms with Gasteiger partial charge in [-0.25, -0.2) is 0 Å². The highest BCUT2D eigenvalue weighted by molar-refractivity contribution is 4.92. The lowest BCUT2D eigenvalue weighted by molar-refractivity contribution is 0.457. The lowest BCUT2D eigenvalue weighted by atomic mass is 10.0. The largest absolute Gasteiger partial charge is 0.387 e. The number of nitrogens with one attached hydrogen (secondary N) is 1. The molecule has 9 heavy (non-hydrogen) atoms. The van der Waals surface area contributed by atoms with Crippen LogP contribution in [0.3, 0.4) is 0 Å². The zero-order chi connectivity index (χ0) is 6.69. The average molecular weight is 126 g/mol. The van der Waals surface area contributed by atoms with Crippen molar-refractivity contribution in [2.45, 2.75) is 31.8 Å². The number of rotatable bonds is 1. The van der Waals surface area contributed by atoms with E-state index in [-0.39, 0.29) is 6.04 Å². The molecule has 0 fully saturated rings. The zero-order valence-electron chi connectivity index (χ0n) is 5.80. The van der Waals surface area contributed by atoms with Crippen LogP contribution < -0.4 is 11.1 Å². The van der Waals surface area contributed by atoms with Crippen LogP contribution in [0, 0.1) is 0 Å². The summed E-state index contributed by atoms with van der Waals surface area (Å²) in [7, 11) is 0. The van der Waals surface area contributed by atoms with Gasteiger partial charge in [-0.1, -0.05) is 6.08 Å². The van der Waals surface area contributed by atoms with E-state index in [0.717, 1.165) is 0 Å². The molecule has 0 bridgehead atoms. The minimum atomic E-state index is 0.273. The van der Waals surface area contributed by atoms with E-state index in [9.17, 15) is 0 Å². The van der Waals surface area contributed by atoms with Crippen molar-refractivity contribution in [3.05, 3.63) is 12.3 Å². The molecule has 2 atom stereocenters. The van der Waals surface area contributed by atoms with Crippen molar-refractivity contribution in [1.82, 2.24) is 5.32 Å². The summed E-state index contributed by atoms with van der Waals surface area (Å²) in [6, 6.07) is 0.768. The minimum Gasteiger partial charge on any atom is -0.387 e. The predicted molar refractivity (Wildman–Crippen MR) is 38.9 cm³/mol. The highest BCUT2D eigenvalue weighted by atomic mass is 14.9. The first-order chi connectivity index (χ1) is 4.30. The van der Waals surface area contributed by atoms with Crippen molar-refractivity contribution >= 4 is 0 Å². The maximum atomic E-state index is 5.67. The Labute approximate surface area is 56.1 Å². The van der Waals surface area contributed by atoms with Gasteiger partial charge in [0.1, 0.15) is 0 Å². The molecule has 1 heterocycles. The quantitative estimate of drug-likeness (QED) is 0.540. The zero-order valence-corrected chi connectivity index (χ0v) is 5.80. The van der Waals surface area contributed by atoms with Gasteiger partial charge in [-0.2, -0.15) is 0 Å². The molecule has 0 aromatic carbocycles. The summed E-state index contributed by atoms with van der Waals surface area (Å²) in [6.45, 7) is 2.04. The van der Waals surface area contributed by atoms with Crippen molar-refractivity contribution in [2.75, 3.05) is 0 Å². The van der Waals surface area contributed by atoms with Gasteiger partial charge in [-0.05, 0) is 26.0 Å². The van der Waals surface area contributed by atoms with E-state index in [1.54, 1.807) is 0 Å². The van der Waals surface area contributed by atoms with E-state index in [1.807, 2.05) is 13.1 Å². The minimum absolute atomic E-state index is 0.273. The molecule has 0 amide bonds. The molecular weight excluding hydrogens is 112 g/mol. The van der Waals surface area contributed by atoms with Crippen LogP contribution in [0.15, 0.2) is 12.3 Å². The van der Waals surface area contributed by atoms with Gasteiger partial charge in [-0.15, -0.1) is 0 Å². The molecule has 0 saturated carbocycles. The molecule has 2 unspecified atom stereocenters. The number of nitrogens with two attached hydrogens (primary N) is 1. The van der Waals surface area contributed by atoms with E-state index < -0.39 is 0 Å². The molecule has 0 aromatic heterocycles. The van der Waals surface area contributed by atoms with Gasteiger partial charge < -0.3 is 11.1 Å². The first kappa shape index (κ1) is 6.62. The maximum absolute atomic E-state index is 5.67. The molecule has 1 aliphatic rings. The van der Waals surface area contributed by atoms with Gasteiger partial charge in [0, 0.05) is 12.1 Å². The van der Waals surface area contributed by atoms with Gasteiger partial charge >= 0.3 is 0 Å². The summed E-state index contributed by atoms with van der Waals surface area (Å²) < 4.78 is 0. The van der Waals surface area contributed by atoms with Gasteiger partial charge in [0.15, 0.2) is 0 Å². The van der Waals surface area contributed by atoms with Crippen molar-refractivity contribution in [1.29, 1.82) is 0 Å². The monoisotopic (exact) mass is 126 g/mol. The van der Waals surface area contributed by atoms with Crippen LogP contribution in [-0.4, -0.2) is 12.1 Å². The first-order valence-electron chi connectivity index (χ1n) is 3.47. The lowest BCUT2D eigenvalue weighted by Gasteiger charge is -2.23. The van der Waals surface area contributed by atoms with Crippen LogP contribution >= 0.6 is 0 Å². The van der Waals surface area contributed by atoms with Gasteiger partial charge in [0.05, 0.1) is 0 Å². The Balaban J connectivity index is 2.35. The van der Waals surface area contributed by atoms with Crippen molar-refractivity contribution in [2.24, 2.45) is 5.73 Å². The predicted octanol–water partition coefficient (Wildman–Crippen LogP) is 0.599. The van der Waals surface area contributed by atoms with Crippen LogP contribution in [-0.2, 0) is 0 Å². The summed E-state index contributed by atoms with van der Waals surface area (Å²) in [5, 5.41) is 3.21. The van der Waals surface area contributed by atoms with E-state index in [2.05, 4.69) is 11.4 Å². The number of hydrogen-bond donors (Lipinski definition) is 2. The lowest BCUT2D eigenvalue weighted by Crippen LogP contribution is -2.41. The third-order valence-electron chi connectivity index (χ3n) is 1.71. The second kappa shape index (κ2) is 2.87. The fraction of sp³-hybridized carbons (Fsp3) is 0.714. The third-order valence-corrected chi connectivity index (χ3v) is 1.71. The second-order valence-electron chi connectivity index (χ2n) is 2.61. The van der Waals surface area contributed by atoms with E-state index >= 15 is 0 Å². The molecule has 2 nitrogen and oxygen atoms in total. The first-order valence-corrected chi connectivity index (χ1v) is 3.47. The highest BCUT2D eigenvalue weighted by Gasteiger charge is 2.11. The molecule has 3 N–H and O–H groups in total. The van der Waals surface area contributed by atoms with E-state index in [4.69, 9.17) is 5.73 Å². The normalized spacial score (nSPS) is 29.3. The number of allylic oxidation sites excluding steroid dienone is 1. The summed E-state index contributed by atoms with van der Waals surface area (Å²) in [5.74, 6) is 0. The Morgan fingerprint density at radius 1 is 1.78 bits per heavy atom. The standard InChI is InChI=1S/C7H14N2/c1-6(8)7-4-2-3-5-9-7/h3,5-7,9H,2,4,8H2,1H3. The summed E-state index contributed by atoms with van der Waals surface area (Å²) >= 11 is 0. The molecule has 0 radical (unpaired) electrons. The Kier molecular flexibility index (Phi) is 2.11. The topological polar surface area (TPSA) is 38.0 Å².